The first-order valence-corrected chi connectivity index (χ1v) is 6.80. The molecule has 0 aliphatic heterocycles. The van der Waals surface area contributed by atoms with Crippen LogP contribution >= 0.6 is 0 Å². The Hall–Kier alpha value is -2.03. The zero-order valence-corrected chi connectivity index (χ0v) is 11.2. The number of anilines is 2. The third kappa shape index (κ3) is 2.41. The molecule has 0 amide bonds. The summed E-state index contributed by atoms with van der Waals surface area (Å²) in [6.07, 6.45) is 5.37. The van der Waals surface area contributed by atoms with Crippen LogP contribution in [0.15, 0.2) is 36.5 Å². The lowest BCUT2D eigenvalue weighted by molar-refractivity contribution is 0.598. The van der Waals surface area contributed by atoms with E-state index in [1.807, 2.05) is 19.2 Å². The molecular weight excluding hydrogens is 234 g/mol. The third-order valence-electron chi connectivity index (χ3n) is 3.84. The Balaban J connectivity index is 1.86. The van der Waals surface area contributed by atoms with Gasteiger partial charge in [0.1, 0.15) is 5.82 Å². The number of nitrogens with one attached hydrogen (secondary N) is 1. The lowest BCUT2D eigenvalue weighted by atomic mass is 9.88. The number of hydrogen-bond donors (Lipinski definition) is 2. The van der Waals surface area contributed by atoms with Gasteiger partial charge in [0.2, 0.25) is 0 Å². The number of hydrogen-bond acceptors (Lipinski definition) is 3. The number of rotatable bonds is 2. The highest BCUT2D eigenvalue weighted by Crippen LogP contribution is 2.32. The minimum Gasteiger partial charge on any atom is -0.398 e. The number of nitrogen functional groups attached to an aromatic ring is 1. The number of fused-ring (bicyclic) bond motifs is 1. The summed E-state index contributed by atoms with van der Waals surface area (Å²) >= 11 is 0. The van der Waals surface area contributed by atoms with Crippen LogP contribution in [0.1, 0.15) is 35.6 Å². The van der Waals surface area contributed by atoms with Crippen molar-refractivity contribution in [2.45, 2.75) is 32.2 Å². The first kappa shape index (κ1) is 12.0. The summed E-state index contributed by atoms with van der Waals surface area (Å²) in [5.74, 6) is 0.866. The summed E-state index contributed by atoms with van der Waals surface area (Å²) in [6.45, 7) is 1.97. The molecule has 2 aromatic rings. The van der Waals surface area contributed by atoms with E-state index in [0.717, 1.165) is 23.5 Å². The van der Waals surface area contributed by atoms with Gasteiger partial charge in [-0.05, 0) is 42.9 Å². The van der Waals surface area contributed by atoms with Crippen LogP contribution in [0.3, 0.4) is 0 Å². The molecule has 3 rings (SSSR count). The predicted octanol–water partition coefficient (Wildman–Crippen LogP) is 3.46. The molecule has 0 saturated carbocycles. The van der Waals surface area contributed by atoms with E-state index in [1.165, 1.54) is 24.0 Å². The maximum absolute atomic E-state index is 5.94. The van der Waals surface area contributed by atoms with Gasteiger partial charge >= 0.3 is 0 Å². The van der Waals surface area contributed by atoms with Crippen LogP contribution in [0.25, 0.3) is 0 Å². The van der Waals surface area contributed by atoms with Gasteiger partial charge in [0.25, 0.3) is 0 Å². The number of aryl methyl sites for hydroxylation is 2. The van der Waals surface area contributed by atoms with Gasteiger partial charge in [0.15, 0.2) is 0 Å². The summed E-state index contributed by atoms with van der Waals surface area (Å²) in [5.41, 5.74) is 10.6. The SMILES string of the molecule is Cc1cnc(NC2CCCc3ccccc32)cc1N. The van der Waals surface area contributed by atoms with Gasteiger partial charge in [-0.1, -0.05) is 24.3 Å². The predicted molar refractivity (Wildman–Crippen MR) is 79.1 cm³/mol. The first-order chi connectivity index (χ1) is 9.24. The van der Waals surface area contributed by atoms with Crippen molar-refractivity contribution in [3.8, 4) is 0 Å². The first-order valence-electron chi connectivity index (χ1n) is 6.80. The molecule has 1 aromatic carbocycles. The Labute approximate surface area is 113 Å². The highest BCUT2D eigenvalue weighted by molar-refractivity contribution is 5.54. The largest absolute Gasteiger partial charge is 0.398 e. The molecular formula is C16H19N3. The maximum atomic E-state index is 5.94. The lowest BCUT2D eigenvalue weighted by Crippen LogP contribution is -2.18. The van der Waals surface area contributed by atoms with E-state index in [1.54, 1.807) is 0 Å². The second-order valence-corrected chi connectivity index (χ2v) is 5.21. The van der Waals surface area contributed by atoms with E-state index in [4.69, 9.17) is 5.73 Å². The summed E-state index contributed by atoms with van der Waals surface area (Å²) in [5, 5.41) is 3.51. The Kier molecular flexibility index (Phi) is 3.11. The Morgan fingerprint density at radius 1 is 1.32 bits per heavy atom. The van der Waals surface area contributed by atoms with Crippen molar-refractivity contribution < 1.29 is 0 Å². The number of aromatic nitrogens is 1. The molecule has 1 aliphatic rings. The van der Waals surface area contributed by atoms with Crippen LogP contribution in [0.4, 0.5) is 11.5 Å². The summed E-state index contributed by atoms with van der Waals surface area (Å²) in [7, 11) is 0. The summed E-state index contributed by atoms with van der Waals surface area (Å²) in [4.78, 5) is 4.42. The van der Waals surface area contributed by atoms with Crippen molar-refractivity contribution in [2.24, 2.45) is 0 Å². The molecule has 0 radical (unpaired) electrons. The molecule has 1 unspecified atom stereocenters. The molecule has 3 N–H and O–H groups in total. The van der Waals surface area contributed by atoms with Crippen molar-refractivity contribution in [1.29, 1.82) is 0 Å². The number of nitrogens with zero attached hydrogens (tertiary/aromatic N) is 1. The fourth-order valence-corrected chi connectivity index (χ4v) is 2.70. The molecule has 1 aliphatic carbocycles. The van der Waals surface area contributed by atoms with Crippen LogP contribution in [0, 0.1) is 6.92 Å². The molecule has 19 heavy (non-hydrogen) atoms. The number of pyridine rings is 1. The molecule has 0 bridgehead atoms. The average molecular weight is 253 g/mol. The van der Waals surface area contributed by atoms with Crippen molar-refractivity contribution in [2.75, 3.05) is 11.1 Å². The van der Waals surface area contributed by atoms with Gasteiger partial charge in [0.05, 0.1) is 6.04 Å². The van der Waals surface area contributed by atoms with Crippen LogP contribution in [0.2, 0.25) is 0 Å². The third-order valence-corrected chi connectivity index (χ3v) is 3.84. The molecule has 0 saturated heterocycles. The van der Waals surface area contributed by atoms with Gasteiger partial charge in [-0.25, -0.2) is 4.98 Å². The molecule has 3 nitrogen and oxygen atoms in total. The minimum atomic E-state index is 0.347. The average Bonchev–Trinajstić information content (AvgIpc) is 2.43. The molecule has 1 heterocycles. The minimum absolute atomic E-state index is 0.347. The summed E-state index contributed by atoms with van der Waals surface area (Å²) < 4.78 is 0. The number of nitrogens with two attached hydrogens (primary N) is 1. The van der Waals surface area contributed by atoms with Crippen LogP contribution in [0.5, 0.6) is 0 Å². The lowest BCUT2D eigenvalue weighted by Gasteiger charge is -2.26. The smallest absolute Gasteiger partial charge is 0.128 e. The fraction of sp³-hybridized carbons (Fsp3) is 0.312. The second-order valence-electron chi connectivity index (χ2n) is 5.21. The Morgan fingerprint density at radius 3 is 3.00 bits per heavy atom. The fourth-order valence-electron chi connectivity index (χ4n) is 2.70. The second kappa shape index (κ2) is 4.92. The Bertz CT molecular complexity index is 592. The van der Waals surface area contributed by atoms with Crippen molar-refractivity contribution >= 4 is 11.5 Å². The molecule has 1 atom stereocenters. The van der Waals surface area contributed by atoms with Crippen LogP contribution in [-0.4, -0.2) is 4.98 Å². The maximum Gasteiger partial charge on any atom is 0.128 e. The molecule has 0 fully saturated rings. The highest BCUT2D eigenvalue weighted by Gasteiger charge is 2.19. The quantitative estimate of drug-likeness (QED) is 0.861. The van der Waals surface area contributed by atoms with E-state index >= 15 is 0 Å². The van der Waals surface area contributed by atoms with E-state index < -0.39 is 0 Å². The van der Waals surface area contributed by atoms with Crippen molar-refractivity contribution in [3.63, 3.8) is 0 Å². The van der Waals surface area contributed by atoms with Crippen molar-refractivity contribution in [1.82, 2.24) is 4.98 Å². The molecule has 3 heteroatoms. The number of benzene rings is 1. The van der Waals surface area contributed by atoms with E-state index in [9.17, 15) is 0 Å². The van der Waals surface area contributed by atoms with Gasteiger partial charge in [0, 0.05) is 18.0 Å². The van der Waals surface area contributed by atoms with E-state index in [-0.39, 0.29) is 0 Å². The van der Waals surface area contributed by atoms with Gasteiger partial charge in [-0.15, -0.1) is 0 Å². The molecule has 1 aromatic heterocycles. The van der Waals surface area contributed by atoms with Gasteiger partial charge in [-0.2, -0.15) is 0 Å². The van der Waals surface area contributed by atoms with E-state index in [2.05, 4.69) is 34.6 Å². The Morgan fingerprint density at radius 2 is 2.16 bits per heavy atom. The molecule has 98 valence electrons. The zero-order valence-electron chi connectivity index (χ0n) is 11.2. The van der Waals surface area contributed by atoms with E-state index in [0.29, 0.717) is 6.04 Å². The van der Waals surface area contributed by atoms with Crippen LogP contribution < -0.4 is 11.1 Å². The normalized spacial score (nSPS) is 17.8. The monoisotopic (exact) mass is 253 g/mol. The van der Waals surface area contributed by atoms with Crippen molar-refractivity contribution in [3.05, 3.63) is 53.2 Å². The topological polar surface area (TPSA) is 50.9 Å². The standard InChI is InChI=1S/C16H19N3/c1-11-10-18-16(9-14(11)17)19-15-8-4-6-12-5-2-3-7-13(12)15/h2-3,5,7,9-10,15H,4,6,8H2,1H3,(H3,17,18,19). The van der Waals surface area contributed by atoms with Gasteiger partial charge in [-0.3, -0.25) is 0 Å². The van der Waals surface area contributed by atoms with Crippen LogP contribution in [-0.2, 0) is 6.42 Å². The zero-order chi connectivity index (χ0) is 13.2. The highest BCUT2D eigenvalue weighted by atomic mass is 15.0. The molecule has 0 spiro atoms. The van der Waals surface area contributed by atoms with Gasteiger partial charge < -0.3 is 11.1 Å². The summed E-state index contributed by atoms with van der Waals surface area (Å²) in [6, 6.07) is 10.9.